The average Bonchev–Trinajstić information content (AvgIpc) is 2.62. The summed E-state index contributed by atoms with van der Waals surface area (Å²) in [5.41, 5.74) is 2.86. The van der Waals surface area contributed by atoms with E-state index in [4.69, 9.17) is 0 Å². The van der Waals surface area contributed by atoms with E-state index < -0.39 is 0 Å². The zero-order valence-electron chi connectivity index (χ0n) is 12.9. The molecule has 1 aliphatic heterocycles. The van der Waals surface area contributed by atoms with Crippen LogP contribution in [0, 0.1) is 0 Å². The first-order valence-corrected chi connectivity index (χ1v) is 7.77. The van der Waals surface area contributed by atoms with E-state index in [1.54, 1.807) is 4.57 Å². The Hall–Kier alpha value is -2.82. The van der Waals surface area contributed by atoms with Crippen LogP contribution in [0.3, 0.4) is 0 Å². The zero-order chi connectivity index (χ0) is 15.8. The highest BCUT2D eigenvalue weighted by Gasteiger charge is 2.22. The fraction of sp³-hybridized carbons (Fsp3) is 0.222. The van der Waals surface area contributed by atoms with Gasteiger partial charge < -0.3 is 10.6 Å². The fourth-order valence-electron chi connectivity index (χ4n) is 3.19. The first-order valence-electron chi connectivity index (χ1n) is 7.77. The standard InChI is InChI=1S/C18H18N4O/c1-19-14-8-6-12(7-9-14)13-10-20-17-15-4-2-3-5-16(15)21-18(23)22(17)11-13/h2-9,13,19-20H,10-11H2,1H3. The number of anilines is 2. The third-order valence-corrected chi connectivity index (χ3v) is 4.47. The number of aromatic nitrogens is 2. The number of nitrogens with one attached hydrogen (secondary N) is 2. The molecule has 0 fully saturated rings. The molecule has 4 rings (SSSR count). The van der Waals surface area contributed by atoms with Gasteiger partial charge in [0.2, 0.25) is 0 Å². The van der Waals surface area contributed by atoms with Gasteiger partial charge in [0.1, 0.15) is 5.82 Å². The zero-order valence-corrected chi connectivity index (χ0v) is 12.9. The highest BCUT2D eigenvalue weighted by Crippen LogP contribution is 2.29. The maximum absolute atomic E-state index is 12.4. The molecule has 0 spiro atoms. The SMILES string of the molecule is CNc1ccc(C2CNc3c4ccccc4nc(=O)n3C2)cc1. The van der Waals surface area contributed by atoms with Crippen LogP contribution >= 0.6 is 0 Å². The number of rotatable bonds is 2. The van der Waals surface area contributed by atoms with Crippen molar-refractivity contribution in [2.24, 2.45) is 0 Å². The fourth-order valence-corrected chi connectivity index (χ4v) is 3.19. The molecule has 1 aliphatic rings. The highest BCUT2D eigenvalue weighted by atomic mass is 16.1. The number of para-hydroxylation sites is 1. The van der Waals surface area contributed by atoms with Gasteiger partial charge >= 0.3 is 5.69 Å². The Bertz CT molecular complexity index is 914. The first kappa shape index (κ1) is 13.8. The van der Waals surface area contributed by atoms with Gasteiger partial charge in [-0.15, -0.1) is 0 Å². The van der Waals surface area contributed by atoms with E-state index in [1.807, 2.05) is 31.3 Å². The number of hydrogen-bond donors (Lipinski definition) is 2. The van der Waals surface area contributed by atoms with Gasteiger partial charge in [0, 0.05) is 37.1 Å². The van der Waals surface area contributed by atoms with Crippen molar-refractivity contribution >= 4 is 22.4 Å². The topological polar surface area (TPSA) is 59.0 Å². The third kappa shape index (κ3) is 2.34. The van der Waals surface area contributed by atoms with Crippen LogP contribution in [0.1, 0.15) is 11.5 Å². The lowest BCUT2D eigenvalue weighted by Gasteiger charge is -2.28. The van der Waals surface area contributed by atoms with Crippen LogP contribution in [0.25, 0.3) is 10.9 Å². The summed E-state index contributed by atoms with van der Waals surface area (Å²) in [6, 6.07) is 16.1. The normalized spacial score (nSPS) is 16.7. The maximum Gasteiger partial charge on any atom is 0.349 e. The van der Waals surface area contributed by atoms with Gasteiger partial charge in [-0.25, -0.2) is 4.79 Å². The summed E-state index contributed by atoms with van der Waals surface area (Å²) >= 11 is 0. The molecule has 116 valence electrons. The molecule has 1 aromatic heterocycles. The Balaban J connectivity index is 1.74. The van der Waals surface area contributed by atoms with Gasteiger partial charge in [-0.2, -0.15) is 4.98 Å². The molecule has 5 heteroatoms. The van der Waals surface area contributed by atoms with Crippen LogP contribution in [-0.2, 0) is 6.54 Å². The van der Waals surface area contributed by atoms with Gasteiger partial charge in [-0.1, -0.05) is 24.3 Å². The lowest BCUT2D eigenvalue weighted by atomic mass is 9.97. The third-order valence-electron chi connectivity index (χ3n) is 4.47. The van der Waals surface area contributed by atoms with Gasteiger partial charge in [-0.3, -0.25) is 4.57 Å². The van der Waals surface area contributed by atoms with Crippen molar-refractivity contribution in [1.82, 2.24) is 9.55 Å². The van der Waals surface area contributed by atoms with Crippen LogP contribution in [-0.4, -0.2) is 23.1 Å². The molecule has 0 saturated carbocycles. The summed E-state index contributed by atoms with van der Waals surface area (Å²) in [7, 11) is 1.91. The number of nitrogens with zero attached hydrogens (tertiary/aromatic N) is 2. The molecule has 23 heavy (non-hydrogen) atoms. The molecule has 0 saturated heterocycles. The smallest absolute Gasteiger partial charge is 0.349 e. The Morgan fingerprint density at radius 3 is 2.74 bits per heavy atom. The molecule has 0 amide bonds. The largest absolute Gasteiger partial charge is 0.388 e. The van der Waals surface area contributed by atoms with Crippen LogP contribution in [0.15, 0.2) is 53.3 Å². The predicted octanol–water partition coefficient (Wildman–Crippen LogP) is 2.65. The monoisotopic (exact) mass is 306 g/mol. The number of hydrogen-bond acceptors (Lipinski definition) is 4. The van der Waals surface area contributed by atoms with Crippen molar-refractivity contribution < 1.29 is 0 Å². The molecule has 3 aromatic rings. The van der Waals surface area contributed by atoms with Crippen molar-refractivity contribution in [2.45, 2.75) is 12.5 Å². The molecular weight excluding hydrogens is 288 g/mol. The predicted molar refractivity (Wildman–Crippen MR) is 93.2 cm³/mol. The molecule has 2 heterocycles. The second kappa shape index (κ2) is 5.43. The lowest BCUT2D eigenvalue weighted by Crippen LogP contribution is -2.35. The van der Waals surface area contributed by atoms with Crippen LogP contribution in [0.4, 0.5) is 11.5 Å². The molecule has 2 N–H and O–H groups in total. The minimum absolute atomic E-state index is 0.192. The van der Waals surface area contributed by atoms with Gasteiger partial charge in [-0.05, 0) is 29.8 Å². The van der Waals surface area contributed by atoms with Crippen molar-refractivity contribution in [3.8, 4) is 0 Å². The van der Waals surface area contributed by atoms with E-state index in [0.717, 1.165) is 29.0 Å². The molecular formula is C18H18N4O. The molecule has 2 aromatic carbocycles. The van der Waals surface area contributed by atoms with Crippen molar-refractivity contribution in [1.29, 1.82) is 0 Å². The summed E-state index contributed by atoms with van der Waals surface area (Å²) in [5, 5.41) is 7.55. The van der Waals surface area contributed by atoms with Gasteiger partial charge in [0.15, 0.2) is 0 Å². The summed E-state index contributed by atoms with van der Waals surface area (Å²) in [4.78, 5) is 16.6. The highest BCUT2D eigenvalue weighted by molar-refractivity contribution is 5.89. The minimum atomic E-state index is -0.192. The Morgan fingerprint density at radius 2 is 1.96 bits per heavy atom. The number of benzene rings is 2. The van der Waals surface area contributed by atoms with Crippen LogP contribution < -0.4 is 16.3 Å². The second-order valence-corrected chi connectivity index (χ2v) is 5.82. The molecule has 1 unspecified atom stereocenters. The summed E-state index contributed by atoms with van der Waals surface area (Å²) in [6.07, 6.45) is 0. The quantitative estimate of drug-likeness (QED) is 0.764. The van der Waals surface area contributed by atoms with E-state index in [0.29, 0.717) is 6.54 Å². The summed E-state index contributed by atoms with van der Waals surface area (Å²) in [6.45, 7) is 1.46. The van der Waals surface area contributed by atoms with Gasteiger partial charge in [0.05, 0.1) is 5.52 Å². The molecule has 0 bridgehead atoms. The van der Waals surface area contributed by atoms with Gasteiger partial charge in [0.25, 0.3) is 0 Å². The molecule has 5 nitrogen and oxygen atoms in total. The van der Waals surface area contributed by atoms with E-state index >= 15 is 0 Å². The summed E-state index contributed by atoms with van der Waals surface area (Å²) < 4.78 is 1.75. The Morgan fingerprint density at radius 1 is 1.17 bits per heavy atom. The minimum Gasteiger partial charge on any atom is -0.388 e. The Labute approximate surface area is 134 Å². The van der Waals surface area contributed by atoms with E-state index in [1.165, 1.54) is 5.56 Å². The maximum atomic E-state index is 12.4. The summed E-state index contributed by atoms with van der Waals surface area (Å²) in [5.74, 6) is 1.14. The van der Waals surface area contributed by atoms with E-state index in [2.05, 4.69) is 39.9 Å². The van der Waals surface area contributed by atoms with Crippen LogP contribution in [0.2, 0.25) is 0 Å². The van der Waals surface area contributed by atoms with Crippen molar-refractivity contribution in [2.75, 3.05) is 24.2 Å². The van der Waals surface area contributed by atoms with Crippen molar-refractivity contribution in [3.63, 3.8) is 0 Å². The lowest BCUT2D eigenvalue weighted by molar-refractivity contribution is 0.530. The molecule has 0 radical (unpaired) electrons. The molecule has 1 atom stereocenters. The second-order valence-electron chi connectivity index (χ2n) is 5.82. The van der Waals surface area contributed by atoms with E-state index in [9.17, 15) is 4.79 Å². The van der Waals surface area contributed by atoms with E-state index in [-0.39, 0.29) is 11.6 Å². The number of fused-ring (bicyclic) bond motifs is 3. The van der Waals surface area contributed by atoms with Crippen molar-refractivity contribution in [3.05, 3.63) is 64.6 Å². The Kier molecular flexibility index (Phi) is 3.26. The average molecular weight is 306 g/mol. The molecule has 0 aliphatic carbocycles. The first-order chi connectivity index (χ1) is 11.3. The van der Waals surface area contributed by atoms with Crippen LogP contribution in [0.5, 0.6) is 0 Å².